The summed E-state index contributed by atoms with van der Waals surface area (Å²) < 4.78 is 28.2. The van der Waals surface area contributed by atoms with Gasteiger partial charge < -0.3 is 10.2 Å². The number of nitrogens with one attached hydrogen (secondary N) is 2. The highest BCUT2D eigenvalue weighted by Crippen LogP contribution is 2.18. The number of sulfonamides is 1. The summed E-state index contributed by atoms with van der Waals surface area (Å²) in [6.07, 6.45) is 0. The Labute approximate surface area is 184 Å². The van der Waals surface area contributed by atoms with Crippen molar-refractivity contribution in [3.63, 3.8) is 0 Å². The van der Waals surface area contributed by atoms with Gasteiger partial charge >= 0.3 is 0 Å². The van der Waals surface area contributed by atoms with Crippen molar-refractivity contribution < 1.29 is 13.2 Å². The Hall–Kier alpha value is -3.16. The maximum atomic E-state index is 12.8. The van der Waals surface area contributed by atoms with Gasteiger partial charge in [-0.1, -0.05) is 54.6 Å². The number of anilines is 1. The first kappa shape index (κ1) is 22.5. The van der Waals surface area contributed by atoms with Crippen molar-refractivity contribution in [2.24, 2.45) is 0 Å². The van der Waals surface area contributed by atoms with Crippen LogP contribution in [0.2, 0.25) is 0 Å². The molecule has 162 valence electrons. The van der Waals surface area contributed by atoms with Crippen LogP contribution in [0.25, 0.3) is 0 Å². The van der Waals surface area contributed by atoms with Gasteiger partial charge in [0.25, 0.3) is 5.91 Å². The smallest absolute Gasteiger partial charge is 0.251 e. The van der Waals surface area contributed by atoms with E-state index in [2.05, 4.69) is 10.0 Å². The van der Waals surface area contributed by atoms with Crippen molar-refractivity contribution in [3.8, 4) is 0 Å². The molecule has 6 nitrogen and oxygen atoms in total. The highest BCUT2D eigenvalue weighted by molar-refractivity contribution is 7.89. The first-order valence-corrected chi connectivity index (χ1v) is 11.5. The van der Waals surface area contributed by atoms with E-state index in [1.165, 1.54) is 6.07 Å². The quantitative estimate of drug-likeness (QED) is 0.538. The van der Waals surface area contributed by atoms with Crippen LogP contribution in [0, 0.1) is 6.92 Å². The van der Waals surface area contributed by atoms with Crippen LogP contribution in [0.5, 0.6) is 0 Å². The first-order valence-electron chi connectivity index (χ1n) is 10.1. The lowest BCUT2D eigenvalue weighted by atomic mass is 10.1. The molecule has 2 N–H and O–H groups in total. The number of carbonyl (C=O) groups is 1. The lowest BCUT2D eigenvalue weighted by Crippen LogP contribution is -2.33. The number of aryl methyl sites for hydroxylation is 1. The zero-order valence-electron chi connectivity index (χ0n) is 17.7. The van der Waals surface area contributed by atoms with Crippen LogP contribution < -0.4 is 14.9 Å². The van der Waals surface area contributed by atoms with E-state index < -0.39 is 10.0 Å². The van der Waals surface area contributed by atoms with E-state index in [1.54, 1.807) is 19.1 Å². The minimum absolute atomic E-state index is 0.109. The number of nitrogens with zero attached hydrogens (tertiary/aromatic N) is 1. The van der Waals surface area contributed by atoms with Gasteiger partial charge in [0.05, 0.1) is 4.90 Å². The molecule has 0 aliphatic carbocycles. The maximum absolute atomic E-state index is 12.8. The summed E-state index contributed by atoms with van der Waals surface area (Å²) in [5.41, 5.74) is 2.82. The van der Waals surface area contributed by atoms with E-state index in [-0.39, 0.29) is 17.3 Å². The Balaban J connectivity index is 1.63. The summed E-state index contributed by atoms with van der Waals surface area (Å²) in [7, 11) is -1.80. The third kappa shape index (κ3) is 6.16. The van der Waals surface area contributed by atoms with E-state index in [4.69, 9.17) is 0 Å². The fourth-order valence-electron chi connectivity index (χ4n) is 3.13. The second-order valence-electron chi connectivity index (χ2n) is 7.30. The monoisotopic (exact) mass is 437 g/mol. The predicted octanol–water partition coefficient (Wildman–Crippen LogP) is 3.34. The van der Waals surface area contributed by atoms with Crippen LogP contribution in [0.15, 0.2) is 83.8 Å². The van der Waals surface area contributed by atoms with Gasteiger partial charge in [-0.15, -0.1) is 0 Å². The number of hydrogen-bond donors (Lipinski definition) is 2. The van der Waals surface area contributed by atoms with E-state index in [1.807, 2.05) is 72.6 Å². The van der Waals surface area contributed by atoms with E-state index in [0.717, 1.165) is 11.3 Å². The molecule has 0 heterocycles. The van der Waals surface area contributed by atoms with Gasteiger partial charge in [-0.3, -0.25) is 4.79 Å². The number of hydrogen-bond acceptors (Lipinski definition) is 4. The van der Waals surface area contributed by atoms with Gasteiger partial charge in [-0.2, -0.15) is 0 Å². The van der Waals surface area contributed by atoms with Gasteiger partial charge in [0.2, 0.25) is 10.0 Å². The van der Waals surface area contributed by atoms with Crippen LogP contribution in [-0.2, 0) is 16.6 Å². The maximum Gasteiger partial charge on any atom is 0.251 e. The van der Waals surface area contributed by atoms with Crippen LogP contribution in [0.1, 0.15) is 21.5 Å². The molecule has 0 aromatic heterocycles. The van der Waals surface area contributed by atoms with Crippen molar-refractivity contribution in [3.05, 3.63) is 95.6 Å². The summed E-state index contributed by atoms with van der Waals surface area (Å²) in [4.78, 5) is 14.7. The van der Waals surface area contributed by atoms with Crippen molar-refractivity contribution in [2.75, 3.05) is 25.0 Å². The van der Waals surface area contributed by atoms with E-state index in [9.17, 15) is 13.2 Å². The molecule has 0 aliphatic rings. The van der Waals surface area contributed by atoms with Crippen LogP contribution in [0.4, 0.5) is 5.69 Å². The summed E-state index contributed by atoms with van der Waals surface area (Å²) in [6.45, 7) is 2.97. The van der Waals surface area contributed by atoms with Gasteiger partial charge in [-0.05, 0) is 42.3 Å². The number of likely N-dealkylation sites (N-methyl/N-ethyl adjacent to an activating group) is 1. The molecule has 0 radical (unpaired) electrons. The Bertz CT molecular complexity index is 1120. The Morgan fingerprint density at radius 3 is 2.26 bits per heavy atom. The number of amides is 1. The second kappa shape index (κ2) is 10.2. The second-order valence-corrected chi connectivity index (χ2v) is 9.04. The molecule has 3 aromatic rings. The zero-order valence-corrected chi connectivity index (χ0v) is 18.5. The summed E-state index contributed by atoms with van der Waals surface area (Å²) >= 11 is 0. The number of para-hydroxylation sites is 1. The van der Waals surface area contributed by atoms with Crippen LogP contribution in [-0.4, -0.2) is 34.5 Å². The standard InChI is InChI=1S/C24H27N3O3S/c1-19-13-14-21(24(28)25-15-16-27(2)22-11-7-4-8-12-22)17-23(19)31(29,30)26-18-20-9-5-3-6-10-20/h3-14,17,26H,15-16,18H2,1-2H3,(H,25,28). The van der Waals surface area contributed by atoms with Gasteiger partial charge in [0, 0.05) is 37.9 Å². The molecule has 0 saturated heterocycles. The molecule has 0 saturated carbocycles. The van der Waals surface area contributed by atoms with Crippen molar-refractivity contribution in [1.82, 2.24) is 10.0 Å². The van der Waals surface area contributed by atoms with Gasteiger partial charge in [-0.25, -0.2) is 13.1 Å². The molecule has 1 amide bonds. The third-order valence-corrected chi connectivity index (χ3v) is 6.52. The molecule has 7 heteroatoms. The first-order chi connectivity index (χ1) is 14.9. The Kier molecular flexibility index (Phi) is 7.44. The third-order valence-electron chi connectivity index (χ3n) is 4.98. The fourth-order valence-corrected chi connectivity index (χ4v) is 4.42. The number of carbonyl (C=O) groups excluding carboxylic acids is 1. The van der Waals surface area contributed by atoms with Crippen molar-refractivity contribution >= 4 is 21.6 Å². The molecule has 0 unspecified atom stereocenters. The van der Waals surface area contributed by atoms with Gasteiger partial charge in [0.1, 0.15) is 0 Å². The number of rotatable bonds is 9. The van der Waals surface area contributed by atoms with Crippen molar-refractivity contribution in [1.29, 1.82) is 0 Å². The molecule has 0 bridgehead atoms. The minimum Gasteiger partial charge on any atom is -0.373 e. The molecule has 0 aliphatic heterocycles. The lowest BCUT2D eigenvalue weighted by molar-refractivity contribution is 0.0954. The molecule has 0 spiro atoms. The Morgan fingerprint density at radius 2 is 1.58 bits per heavy atom. The number of benzene rings is 3. The summed E-state index contributed by atoms with van der Waals surface area (Å²) in [5.74, 6) is -0.305. The summed E-state index contributed by atoms with van der Waals surface area (Å²) in [6, 6.07) is 23.9. The molecule has 31 heavy (non-hydrogen) atoms. The molecule has 3 aromatic carbocycles. The predicted molar refractivity (Wildman–Crippen MR) is 124 cm³/mol. The Morgan fingerprint density at radius 1 is 0.935 bits per heavy atom. The normalized spacial score (nSPS) is 11.2. The van der Waals surface area contributed by atoms with Gasteiger partial charge in [0.15, 0.2) is 0 Å². The average molecular weight is 438 g/mol. The molecule has 3 rings (SSSR count). The highest BCUT2D eigenvalue weighted by Gasteiger charge is 2.19. The molecular weight excluding hydrogens is 410 g/mol. The largest absolute Gasteiger partial charge is 0.373 e. The van der Waals surface area contributed by atoms with E-state index >= 15 is 0 Å². The minimum atomic E-state index is -3.75. The summed E-state index contributed by atoms with van der Waals surface area (Å²) in [5, 5.41) is 2.86. The van der Waals surface area contributed by atoms with Crippen LogP contribution >= 0.6 is 0 Å². The zero-order chi connectivity index (χ0) is 22.3. The molecular formula is C24H27N3O3S. The lowest BCUT2D eigenvalue weighted by Gasteiger charge is -2.19. The van der Waals surface area contributed by atoms with E-state index in [0.29, 0.717) is 24.2 Å². The topological polar surface area (TPSA) is 78.5 Å². The molecule has 0 fully saturated rings. The van der Waals surface area contributed by atoms with Crippen molar-refractivity contribution in [2.45, 2.75) is 18.4 Å². The molecule has 0 atom stereocenters. The average Bonchev–Trinajstić information content (AvgIpc) is 2.79. The van der Waals surface area contributed by atoms with Crippen LogP contribution in [0.3, 0.4) is 0 Å². The SMILES string of the molecule is Cc1ccc(C(=O)NCCN(C)c2ccccc2)cc1S(=O)(=O)NCc1ccccc1. The highest BCUT2D eigenvalue weighted by atomic mass is 32.2. The fraction of sp³-hybridized carbons (Fsp3) is 0.208.